The molecular formula is C9H16B2FN3O4. The van der Waals surface area contributed by atoms with E-state index >= 15 is 0 Å². The highest BCUT2D eigenvalue weighted by Gasteiger charge is 2.38. The third-order valence-electron chi connectivity index (χ3n) is 2.66. The maximum atomic E-state index is 14.1. The van der Waals surface area contributed by atoms with Crippen LogP contribution in [-0.4, -0.2) is 60.2 Å². The molecule has 1 heterocycles. The Morgan fingerprint density at radius 2 is 2.21 bits per heavy atom. The highest BCUT2D eigenvalue weighted by molar-refractivity contribution is 6.39. The number of hydrogen-bond donors (Lipinski definition) is 3. The number of alkyl halides is 1. The summed E-state index contributed by atoms with van der Waals surface area (Å²) in [6, 6.07) is 1.23. The molecule has 1 aromatic heterocycles. The number of nitrogen functional groups attached to an aromatic ring is 1. The van der Waals surface area contributed by atoms with Gasteiger partial charge in [0.2, 0.25) is 6.30 Å². The number of hydrogen-bond acceptors (Lipinski definition) is 6. The summed E-state index contributed by atoms with van der Waals surface area (Å²) < 4.78 is 19.6. The van der Waals surface area contributed by atoms with Gasteiger partial charge in [0.25, 0.3) is 0 Å². The number of aliphatic hydroxyl groups is 2. The first kappa shape index (κ1) is 15.7. The molecule has 0 amide bonds. The summed E-state index contributed by atoms with van der Waals surface area (Å²) in [5.41, 5.74) is 4.35. The molecule has 0 aliphatic rings. The fourth-order valence-electron chi connectivity index (χ4n) is 1.77. The minimum absolute atomic E-state index is 0.0475. The van der Waals surface area contributed by atoms with Crippen LogP contribution in [0.2, 0.25) is 0 Å². The van der Waals surface area contributed by atoms with Crippen LogP contribution in [0.5, 0.6) is 0 Å². The normalized spacial score (nSPS) is 16.8. The second-order valence-electron chi connectivity index (χ2n) is 4.72. The van der Waals surface area contributed by atoms with Gasteiger partial charge < -0.3 is 20.7 Å². The topological polar surface area (TPSA) is 111 Å². The summed E-state index contributed by atoms with van der Waals surface area (Å²) in [4.78, 5) is 14.8. The monoisotopic (exact) mass is 271 g/mol. The largest absolute Gasteiger partial charge is 0.405 e. The van der Waals surface area contributed by atoms with Gasteiger partial charge in [-0.3, -0.25) is 4.57 Å². The number of aromatic nitrogens is 2. The first-order valence-corrected chi connectivity index (χ1v) is 5.60. The molecule has 0 saturated heterocycles. The number of ether oxygens (including phenoxy) is 1. The van der Waals surface area contributed by atoms with Crippen molar-refractivity contribution in [3.63, 3.8) is 0 Å². The lowest BCUT2D eigenvalue weighted by atomic mass is 9.60. The second-order valence-corrected chi connectivity index (χ2v) is 4.72. The van der Waals surface area contributed by atoms with Gasteiger partial charge in [0.15, 0.2) is 0 Å². The van der Waals surface area contributed by atoms with Gasteiger partial charge in [0, 0.05) is 18.7 Å². The van der Waals surface area contributed by atoms with E-state index in [0.29, 0.717) is 4.57 Å². The van der Waals surface area contributed by atoms with Crippen molar-refractivity contribution in [3.8, 4) is 0 Å². The molecule has 4 N–H and O–H groups in total. The highest BCUT2D eigenvalue weighted by atomic mass is 19.1. The molecule has 0 fully saturated rings. The first-order valence-electron chi connectivity index (χ1n) is 5.60. The van der Waals surface area contributed by atoms with Crippen LogP contribution in [0, 0.1) is 0 Å². The summed E-state index contributed by atoms with van der Waals surface area (Å²) in [6.07, 6.45) is -3.99. The van der Waals surface area contributed by atoms with Crippen molar-refractivity contribution < 1.29 is 19.3 Å². The van der Waals surface area contributed by atoms with Gasteiger partial charge in [-0.25, -0.2) is 9.18 Å². The predicted octanol–water partition coefficient (Wildman–Crippen LogP) is -3.42. The molecule has 0 bridgehead atoms. The van der Waals surface area contributed by atoms with Crippen LogP contribution in [0.4, 0.5) is 10.2 Å². The molecule has 1 aromatic rings. The standard InChI is InChI=1S/C9H16B2FN3O4/c1-19-6(9(10,11)18)5(16)7(12)15-3-2-4(13)14-8(15)17/h2-3,5-7,16,18H,10-11H2,1H3,(H2,13,14,17)/t5-,6?,7+/m1/s1. The Morgan fingerprint density at radius 1 is 1.63 bits per heavy atom. The maximum Gasteiger partial charge on any atom is 0.351 e. The molecule has 1 unspecified atom stereocenters. The zero-order chi connectivity index (χ0) is 14.8. The Labute approximate surface area is 111 Å². The third kappa shape index (κ3) is 3.55. The van der Waals surface area contributed by atoms with Crippen molar-refractivity contribution in [2.24, 2.45) is 0 Å². The van der Waals surface area contributed by atoms with Crippen LogP contribution in [0.15, 0.2) is 17.1 Å². The van der Waals surface area contributed by atoms with Crippen LogP contribution < -0.4 is 11.4 Å². The number of methoxy groups -OCH3 is 1. The predicted molar refractivity (Wildman–Crippen MR) is 71.9 cm³/mol. The summed E-state index contributed by atoms with van der Waals surface area (Å²) in [5, 5.41) is 18.2. The van der Waals surface area contributed by atoms with Gasteiger partial charge in [0.05, 0.1) is 0 Å². The molecule has 0 spiro atoms. The van der Waals surface area contributed by atoms with E-state index in [1.807, 2.05) is 0 Å². The van der Waals surface area contributed by atoms with E-state index < -0.39 is 29.6 Å². The van der Waals surface area contributed by atoms with Crippen molar-refractivity contribution in [2.45, 2.75) is 23.9 Å². The Bertz CT molecular complexity index is 493. The van der Waals surface area contributed by atoms with Crippen LogP contribution in [-0.2, 0) is 4.74 Å². The lowest BCUT2D eigenvalue weighted by Crippen LogP contribution is -2.54. The maximum absolute atomic E-state index is 14.1. The fourth-order valence-corrected chi connectivity index (χ4v) is 1.77. The number of halogens is 1. The Morgan fingerprint density at radius 3 is 2.63 bits per heavy atom. The molecular weight excluding hydrogens is 255 g/mol. The van der Waals surface area contributed by atoms with E-state index in [2.05, 4.69) is 4.98 Å². The number of anilines is 1. The first-order chi connectivity index (χ1) is 8.68. The van der Waals surface area contributed by atoms with Crippen LogP contribution >= 0.6 is 0 Å². The SMILES string of the molecule is BC(B)(O)C(OC)[C@@H](O)[C@@H](F)n1ccc(N)nc1=O. The summed E-state index contributed by atoms with van der Waals surface area (Å²) in [6.45, 7) is 0. The Balaban J connectivity index is 3.05. The molecule has 0 aromatic carbocycles. The fraction of sp³-hybridized carbons (Fsp3) is 0.556. The molecule has 10 heteroatoms. The third-order valence-corrected chi connectivity index (χ3v) is 2.66. The van der Waals surface area contributed by atoms with E-state index in [0.717, 1.165) is 6.20 Å². The van der Waals surface area contributed by atoms with Gasteiger partial charge in [-0.2, -0.15) is 4.98 Å². The summed E-state index contributed by atoms with van der Waals surface area (Å²) in [5.74, 6) is -0.0475. The highest BCUT2D eigenvalue weighted by Crippen LogP contribution is 2.21. The van der Waals surface area contributed by atoms with Crippen LogP contribution in [0.3, 0.4) is 0 Å². The minimum Gasteiger partial charge on any atom is -0.405 e. The van der Waals surface area contributed by atoms with Crippen molar-refractivity contribution in [2.75, 3.05) is 12.8 Å². The molecule has 0 radical (unpaired) electrons. The molecule has 0 aliphatic carbocycles. The average molecular weight is 271 g/mol. The van der Waals surface area contributed by atoms with E-state index in [1.54, 1.807) is 0 Å². The summed E-state index contributed by atoms with van der Waals surface area (Å²) in [7, 11) is 3.95. The average Bonchev–Trinajstić information content (AvgIpc) is 2.27. The Kier molecular flexibility index (Phi) is 4.72. The van der Waals surface area contributed by atoms with Gasteiger partial charge in [-0.05, 0) is 6.07 Å². The molecule has 7 nitrogen and oxygen atoms in total. The molecule has 0 aliphatic heterocycles. The van der Waals surface area contributed by atoms with Crippen LogP contribution in [0.1, 0.15) is 6.30 Å². The van der Waals surface area contributed by atoms with Gasteiger partial charge in [-0.1, -0.05) is 0 Å². The molecule has 19 heavy (non-hydrogen) atoms. The van der Waals surface area contributed by atoms with Crippen molar-refractivity contribution in [3.05, 3.63) is 22.7 Å². The van der Waals surface area contributed by atoms with Crippen molar-refractivity contribution in [1.82, 2.24) is 9.55 Å². The second kappa shape index (κ2) is 5.72. The van der Waals surface area contributed by atoms with E-state index in [1.165, 1.54) is 28.9 Å². The molecule has 104 valence electrons. The summed E-state index contributed by atoms with van der Waals surface area (Å²) >= 11 is 0. The van der Waals surface area contributed by atoms with Crippen molar-refractivity contribution >= 4 is 21.5 Å². The van der Waals surface area contributed by atoms with Gasteiger partial charge in [-0.15, -0.1) is 0 Å². The number of nitrogens with two attached hydrogens (primary N) is 1. The molecule has 1 rings (SSSR count). The molecule has 0 saturated carbocycles. The quantitative estimate of drug-likeness (QED) is 0.481. The van der Waals surface area contributed by atoms with Crippen LogP contribution in [0.25, 0.3) is 0 Å². The zero-order valence-corrected chi connectivity index (χ0v) is 10.9. The lowest BCUT2D eigenvalue weighted by Gasteiger charge is -2.33. The lowest BCUT2D eigenvalue weighted by molar-refractivity contribution is -0.112. The van der Waals surface area contributed by atoms with E-state index in [9.17, 15) is 19.4 Å². The zero-order valence-electron chi connectivity index (χ0n) is 10.9. The van der Waals surface area contributed by atoms with E-state index in [-0.39, 0.29) is 5.82 Å². The Hall–Kier alpha value is -1.38. The van der Waals surface area contributed by atoms with E-state index in [4.69, 9.17) is 10.5 Å². The minimum atomic E-state index is -2.11. The number of rotatable bonds is 5. The van der Waals surface area contributed by atoms with Gasteiger partial charge >= 0.3 is 5.69 Å². The molecule has 3 atom stereocenters. The number of nitrogens with zero attached hydrogens (tertiary/aromatic N) is 2. The smallest absolute Gasteiger partial charge is 0.351 e. The number of aliphatic hydroxyl groups excluding tert-OH is 1. The van der Waals surface area contributed by atoms with Crippen molar-refractivity contribution in [1.29, 1.82) is 0 Å². The van der Waals surface area contributed by atoms with Gasteiger partial charge in [0.1, 0.15) is 33.7 Å².